The van der Waals surface area contributed by atoms with E-state index in [4.69, 9.17) is 0 Å². The molecule has 0 spiro atoms. The maximum absolute atomic E-state index is 11.7. The Hall–Kier alpha value is -1.36. The first-order valence-corrected chi connectivity index (χ1v) is 6.57. The SMILES string of the molecule is CC(=O)c1ccc(Br)cc1N1CCN(C)C(=O)C1. The summed E-state index contributed by atoms with van der Waals surface area (Å²) >= 11 is 3.41. The van der Waals surface area contributed by atoms with E-state index in [0.717, 1.165) is 16.7 Å². The highest BCUT2D eigenvalue weighted by molar-refractivity contribution is 9.10. The Bertz CT molecular complexity index is 502. The predicted molar refractivity (Wildman–Crippen MR) is 74.0 cm³/mol. The maximum atomic E-state index is 11.7. The molecule has 1 aliphatic heterocycles. The second kappa shape index (κ2) is 5.10. The molecule has 4 nitrogen and oxygen atoms in total. The molecule has 0 saturated carbocycles. The molecule has 0 atom stereocenters. The van der Waals surface area contributed by atoms with Crippen LogP contribution in [-0.4, -0.2) is 43.3 Å². The van der Waals surface area contributed by atoms with E-state index in [1.54, 1.807) is 24.9 Å². The number of piperazine rings is 1. The molecular formula is C13H15BrN2O2. The fourth-order valence-electron chi connectivity index (χ4n) is 2.03. The number of hydrogen-bond donors (Lipinski definition) is 0. The molecule has 1 fully saturated rings. The number of carbonyl (C=O) groups is 2. The molecule has 1 aromatic rings. The van der Waals surface area contributed by atoms with Crippen molar-refractivity contribution in [3.05, 3.63) is 28.2 Å². The van der Waals surface area contributed by atoms with Crippen molar-refractivity contribution in [3.63, 3.8) is 0 Å². The first kappa shape index (κ1) is 13.1. The summed E-state index contributed by atoms with van der Waals surface area (Å²) in [5.74, 6) is 0.0969. The molecule has 0 bridgehead atoms. The Balaban J connectivity index is 2.35. The number of ketones is 1. The Labute approximate surface area is 115 Å². The summed E-state index contributed by atoms with van der Waals surface area (Å²) in [4.78, 5) is 27.0. The van der Waals surface area contributed by atoms with Crippen molar-refractivity contribution in [2.24, 2.45) is 0 Å². The molecule has 1 aromatic carbocycles. The summed E-state index contributed by atoms with van der Waals surface area (Å²) in [6.45, 7) is 3.31. The molecule has 1 aliphatic rings. The lowest BCUT2D eigenvalue weighted by Crippen LogP contribution is -2.48. The standard InChI is InChI=1S/C13H15BrN2O2/c1-9(17)11-4-3-10(14)7-12(11)16-6-5-15(2)13(18)8-16/h3-4,7H,5-6,8H2,1-2H3. The molecule has 5 heteroatoms. The van der Waals surface area contributed by atoms with Crippen molar-refractivity contribution >= 4 is 33.3 Å². The summed E-state index contributed by atoms with van der Waals surface area (Å²) in [5.41, 5.74) is 1.49. The summed E-state index contributed by atoms with van der Waals surface area (Å²) in [5, 5.41) is 0. The van der Waals surface area contributed by atoms with Crippen LogP contribution in [0, 0.1) is 0 Å². The van der Waals surface area contributed by atoms with Gasteiger partial charge in [0.1, 0.15) is 0 Å². The lowest BCUT2D eigenvalue weighted by Gasteiger charge is -2.34. The molecule has 0 aliphatic carbocycles. The van der Waals surface area contributed by atoms with E-state index in [1.165, 1.54) is 0 Å². The Morgan fingerprint density at radius 1 is 1.33 bits per heavy atom. The number of anilines is 1. The second-order valence-electron chi connectivity index (χ2n) is 4.45. The molecule has 1 amide bonds. The molecule has 2 rings (SSSR count). The number of nitrogens with zero attached hydrogens (tertiary/aromatic N) is 2. The Kier molecular flexibility index (Phi) is 3.71. The third-order valence-corrected chi connectivity index (χ3v) is 3.63. The van der Waals surface area contributed by atoms with E-state index < -0.39 is 0 Å². The minimum absolute atomic E-state index is 0.0175. The zero-order chi connectivity index (χ0) is 13.3. The van der Waals surface area contributed by atoms with E-state index >= 15 is 0 Å². The highest BCUT2D eigenvalue weighted by atomic mass is 79.9. The van der Waals surface area contributed by atoms with Crippen molar-refractivity contribution in [1.29, 1.82) is 0 Å². The molecule has 0 unspecified atom stereocenters. The topological polar surface area (TPSA) is 40.6 Å². The molecule has 1 saturated heterocycles. The molecule has 0 N–H and O–H groups in total. The van der Waals surface area contributed by atoms with Crippen LogP contribution in [0.1, 0.15) is 17.3 Å². The normalized spacial score (nSPS) is 16.1. The van der Waals surface area contributed by atoms with Gasteiger partial charge in [0.15, 0.2) is 5.78 Å². The van der Waals surface area contributed by atoms with Crippen molar-refractivity contribution in [2.45, 2.75) is 6.92 Å². The summed E-state index contributed by atoms with van der Waals surface area (Å²) in [6.07, 6.45) is 0. The highest BCUT2D eigenvalue weighted by Crippen LogP contribution is 2.26. The Morgan fingerprint density at radius 2 is 2.06 bits per heavy atom. The zero-order valence-corrected chi connectivity index (χ0v) is 12.0. The fraction of sp³-hybridized carbons (Fsp3) is 0.385. The van der Waals surface area contributed by atoms with Gasteiger partial charge in [-0.15, -0.1) is 0 Å². The average Bonchev–Trinajstić information content (AvgIpc) is 2.32. The van der Waals surface area contributed by atoms with Gasteiger partial charge in [-0.2, -0.15) is 0 Å². The van der Waals surface area contributed by atoms with E-state index in [0.29, 0.717) is 18.7 Å². The van der Waals surface area contributed by atoms with E-state index in [9.17, 15) is 9.59 Å². The van der Waals surface area contributed by atoms with E-state index in [1.807, 2.05) is 17.0 Å². The average molecular weight is 311 g/mol. The smallest absolute Gasteiger partial charge is 0.241 e. The number of rotatable bonds is 2. The highest BCUT2D eigenvalue weighted by Gasteiger charge is 2.23. The summed E-state index contributed by atoms with van der Waals surface area (Å²) in [6, 6.07) is 5.54. The van der Waals surface area contributed by atoms with Crippen LogP contribution in [0.25, 0.3) is 0 Å². The monoisotopic (exact) mass is 310 g/mol. The van der Waals surface area contributed by atoms with Gasteiger partial charge >= 0.3 is 0 Å². The van der Waals surface area contributed by atoms with Gasteiger partial charge in [0.05, 0.1) is 6.54 Å². The molecule has 96 valence electrons. The number of likely N-dealkylation sites (N-methyl/N-ethyl adjacent to an activating group) is 1. The van der Waals surface area contributed by atoms with Crippen molar-refractivity contribution in [3.8, 4) is 0 Å². The van der Waals surface area contributed by atoms with E-state index in [-0.39, 0.29) is 11.7 Å². The number of carbonyl (C=O) groups excluding carboxylic acids is 2. The van der Waals surface area contributed by atoms with Crippen LogP contribution >= 0.6 is 15.9 Å². The number of hydrogen-bond acceptors (Lipinski definition) is 3. The van der Waals surface area contributed by atoms with Gasteiger partial charge < -0.3 is 9.80 Å². The van der Waals surface area contributed by atoms with Crippen LogP contribution < -0.4 is 4.90 Å². The van der Waals surface area contributed by atoms with Gasteiger partial charge in [0.2, 0.25) is 5.91 Å². The molecular weight excluding hydrogens is 296 g/mol. The molecule has 0 radical (unpaired) electrons. The van der Waals surface area contributed by atoms with Crippen molar-refractivity contribution in [1.82, 2.24) is 4.90 Å². The Morgan fingerprint density at radius 3 is 2.67 bits per heavy atom. The van der Waals surface area contributed by atoms with Gasteiger partial charge in [-0.05, 0) is 25.1 Å². The largest absolute Gasteiger partial charge is 0.360 e. The van der Waals surface area contributed by atoms with Gasteiger partial charge in [0, 0.05) is 35.9 Å². The van der Waals surface area contributed by atoms with Crippen LogP contribution in [0.3, 0.4) is 0 Å². The second-order valence-corrected chi connectivity index (χ2v) is 5.37. The maximum Gasteiger partial charge on any atom is 0.241 e. The van der Waals surface area contributed by atoms with Crippen LogP contribution in [0.2, 0.25) is 0 Å². The minimum atomic E-state index is 0.0175. The lowest BCUT2D eigenvalue weighted by molar-refractivity contribution is -0.129. The van der Waals surface area contributed by atoms with Crippen LogP contribution in [0.15, 0.2) is 22.7 Å². The fourth-order valence-corrected chi connectivity index (χ4v) is 2.38. The molecule has 0 aromatic heterocycles. The summed E-state index contributed by atoms with van der Waals surface area (Å²) < 4.78 is 0.911. The molecule has 18 heavy (non-hydrogen) atoms. The van der Waals surface area contributed by atoms with Gasteiger partial charge in [-0.1, -0.05) is 15.9 Å². The van der Waals surface area contributed by atoms with Crippen LogP contribution in [0.5, 0.6) is 0 Å². The third kappa shape index (κ3) is 2.56. The van der Waals surface area contributed by atoms with Crippen LogP contribution in [-0.2, 0) is 4.79 Å². The van der Waals surface area contributed by atoms with E-state index in [2.05, 4.69) is 15.9 Å². The number of halogens is 1. The minimum Gasteiger partial charge on any atom is -0.360 e. The van der Waals surface area contributed by atoms with Gasteiger partial charge in [0.25, 0.3) is 0 Å². The first-order valence-electron chi connectivity index (χ1n) is 5.78. The number of Topliss-reactive ketones (excluding diaryl/α,β-unsaturated/α-hetero) is 1. The van der Waals surface area contributed by atoms with Crippen molar-refractivity contribution < 1.29 is 9.59 Å². The first-order chi connectivity index (χ1) is 8.49. The van der Waals surface area contributed by atoms with Crippen LogP contribution in [0.4, 0.5) is 5.69 Å². The summed E-state index contributed by atoms with van der Waals surface area (Å²) in [7, 11) is 1.80. The lowest BCUT2D eigenvalue weighted by atomic mass is 10.1. The number of benzene rings is 1. The van der Waals surface area contributed by atoms with Gasteiger partial charge in [-0.25, -0.2) is 0 Å². The van der Waals surface area contributed by atoms with Crippen molar-refractivity contribution in [2.75, 3.05) is 31.6 Å². The number of amides is 1. The molecule has 1 heterocycles. The predicted octanol–water partition coefficient (Wildman–Crippen LogP) is 1.93. The zero-order valence-electron chi connectivity index (χ0n) is 10.4. The quantitative estimate of drug-likeness (QED) is 0.784. The third-order valence-electron chi connectivity index (χ3n) is 3.14. The van der Waals surface area contributed by atoms with Gasteiger partial charge in [-0.3, -0.25) is 9.59 Å².